The Hall–Kier alpha value is -1.55. The molecule has 1 N–H and O–H groups in total. The number of benzene rings is 1. The molecule has 0 heterocycles. The molecule has 0 aliphatic rings. The van der Waals surface area contributed by atoms with Gasteiger partial charge in [-0.25, -0.2) is 0 Å². The van der Waals surface area contributed by atoms with Crippen molar-refractivity contribution in [3.05, 3.63) is 23.8 Å². The maximum atomic E-state index is 12.6. The highest BCUT2D eigenvalue weighted by atomic mass is 16.5. The van der Waals surface area contributed by atoms with Crippen LogP contribution < -0.4 is 10.1 Å². The fourth-order valence-electron chi connectivity index (χ4n) is 2.47. The van der Waals surface area contributed by atoms with Crippen molar-refractivity contribution in [2.75, 3.05) is 12.4 Å². The van der Waals surface area contributed by atoms with E-state index in [2.05, 4.69) is 26.1 Å². The summed E-state index contributed by atoms with van der Waals surface area (Å²) in [6.07, 6.45) is 1.81. The molecule has 0 bridgehead atoms. The second kappa shape index (κ2) is 8.34. The molecular formula is C19H31NO3. The van der Waals surface area contributed by atoms with Crippen molar-refractivity contribution < 1.29 is 14.3 Å². The predicted molar refractivity (Wildman–Crippen MR) is 95.1 cm³/mol. The zero-order chi connectivity index (χ0) is 17.6. The molecule has 0 radical (unpaired) electrons. The monoisotopic (exact) mass is 321 g/mol. The van der Waals surface area contributed by atoms with E-state index in [1.54, 1.807) is 7.11 Å². The third-order valence-electron chi connectivity index (χ3n) is 4.06. The van der Waals surface area contributed by atoms with Crippen LogP contribution in [0, 0.1) is 12.8 Å². The Morgan fingerprint density at radius 3 is 2.43 bits per heavy atom. The summed E-state index contributed by atoms with van der Waals surface area (Å²) in [5, 5.41) is 2.95. The molecule has 130 valence electrons. The van der Waals surface area contributed by atoms with E-state index in [1.165, 1.54) is 0 Å². The van der Waals surface area contributed by atoms with Gasteiger partial charge in [-0.1, -0.05) is 20.8 Å². The molecule has 0 saturated carbocycles. The third kappa shape index (κ3) is 5.54. The van der Waals surface area contributed by atoms with Crippen LogP contribution in [0.4, 0.5) is 5.69 Å². The minimum Gasteiger partial charge on any atom is -0.490 e. The highest BCUT2D eigenvalue weighted by Crippen LogP contribution is 2.26. The van der Waals surface area contributed by atoms with Crippen LogP contribution in [0.15, 0.2) is 18.2 Å². The summed E-state index contributed by atoms with van der Waals surface area (Å²) >= 11 is 0. The smallest absolute Gasteiger partial charge is 0.256 e. The highest BCUT2D eigenvalue weighted by Gasteiger charge is 2.33. The first-order chi connectivity index (χ1) is 10.7. The Balaban J connectivity index is 2.84. The average molecular weight is 321 g/mol. The van der Waals surface area contributed by atoms with Gasteiger partial charge in [0, 0.05) is 12.8 Å². The van der Waals surface area contributed by atoms with E-state index in [0.717, 1.165) is 23.4 Å². The molecule has 0 spiro atoms. The van der Waals surface area contributed by atoms with E-state index in [-0.39, 0.29) is 12.0 Å². The van der Waals surface area contributed by atoms with E-state index >= 15 is 0 Å². The van der Waals surface area contributed by atoms with Gasteiger partial charge in [-0.2, -0.15) is 0 Å². The number of ether oxygens (including phenoxy) is 2. The van der Waals surface area contributed by atoms with Crippen LogP contribution >= 0.6 is 0 Å². The Morgan fingerprint density at radius 2 is 1.96 bits per heavy atom. The Morgan fingerprint density at radius 1 is 1.30 bits per heavy atom. The molecule has 1 aromatic carbocycles. The first kappa shape index (κ1) is 19.5. The standard InChI is InChI=1S/C19H31NO3/c1-8-15(5)23-17-10-9-16(11-14(17)4)20-18(21)19(6,22-7)12-13(2)3/h9-11,13,15H,8,12H2,1-7H3,(H,20,21)/t15-,19+/m0/s1. The van der Waals surface area contributed by atoms with Crippen molar-refractivity contribution in [2.45, 2.75) is 66.1 Å². The van der Waals surface area contributed by atoms with Gasteiger partial charge < -0.3 is 14.8 Å². The van der Waals surface area contributed by atoms with Crippen LogP contribution in [0.2, 0.25) is 0 Å². The molecule has 1 rings (SSSR count). The van der Waals surface area contributed by atoms with Crippen molar-refractivity contribution in [2.24, 2.45) is 5.92 Å². The van der Waals surface area contributed by atoms with Gasteiger partial charge in [0.15, 0.2) is 0 Å². The second-order valence-electron chi connectivity index (χ2n) is 6.80. The van der Waals surface area contributed by atoms with Gasteiger partial charge in [-0.3, -0.25) is 4.79 Å². The Kier molecular flexibility index (Phi) is 7.07. The summed E-state index contributed by atoms with van der Waals surface area (Å²) in [5.41, 5.74) is 0.940. The molecule has 0 aromatic heterocycles. The number of carbonyl (C=O) groups excluding carboxylic acids is 1. The lowest BCUT2D eigenvalue weighted by Crippen LogP contribution is -2.43. The quantitative estimate of drug-likeness (QED) is 0.763. The molecule has 2 atom stereocenters. The summed E-state index contributed by atoms with van der Waals surface area (Å²) < 4.78 is 11.3. The van der Waals surface area contributed by atoms with E-state index in [4.69, 9.17) is 9.47 Å². The third-order valence-corrected chi connectivity index (χ3v) is 4.06. The van der Waals surface area contributed by atoms with Crippen LogP contribution in [0.1, 0.15) is 53.0 Å². The van der Waals surface area contributed by atoms with Gasteiger partial charge in [-0.05, 0) is 63.3 Å². The van der Waals surface area contributed by atoms with Crippen LogP contribution in [-0.2, 0) is 9.53 Å². The van der Waals surface area contributed by atoms with Crippen LogP contribution in [0.25, 0.3) is 0 Å². The number of hydrogen-bond donors (Lipinski definition) is 1. The number of nitrogens with one attached hydrogen (secondary N) is 1. The number of anilines is 1. The summed E-state index contributed by atoms with van der Waals surface area (Å²) in [6.45, 7) is 12.1. The molecule has 1 amide bonds. The Labute approximate surface area is 140 Å². The summed E-state index contributed by atoms with van der Waals surface area (Å²) in [7, 11) is 1.58. The highest BCUT2D eigenvalue weighted by molar-refractivity contribution is 5.97. The maximum Gasteiger partial charge on any atom is 0.256 e. The fraction of sp³-hybridized carbons (Fsp3) is 0.632. The number of amides is 1. The van der Waals surface area contributed by atoms with Gasteiger partial charge >= 0.3 is 0 Å². The van der Waals surface area contributed by atoms with E-state index < -0.39 is 5.60 Å². The van der Waals surface area contributed by atoms with Gasteiger partial charge in [0.05, 0.1) is 6.10 Å². The molecule has 0 aliphatic heterocycles. The van der Waals surface area contributed by atoms with Gasteiger partial charge in [0.1, 0.15) is 11.4 Å². The van der Waals surface area contributed by atoms with Crippen LogP contribution in [0.3, 0.4) is 0 Å². The predicted octanol–water partition coefficient (Wildman–Crippen LogP) is 4.56. The molecule has 0 aliphatic carbocycles. The number of rotatable bonds is 8. The molecule has 0 unspecified atom stereocenters. The lowest BCUT2D eigenvalue weighted by Gasteiger charge is -2.28. The van der Waals surface area contributed by atoms with E-state index in [0.29, 0.717) is 12.3 Å². The molecular weight excluding hydrogens is 290 g/mol. The minimum absolute atomic E-state index is 0.122. The van der Waals surface area contributed by atoms with Crippen molar-refractivity contribution >= 4 is 11.6 Å². The largest absolute Gasteiger partial charge is 0.490 e. The topological polar surface area (TPSA) is 47.6 Å². The molecule has 4 heteroatoms. The Bertz CT molecular complexity index is 527. The summed E-state index contributed by atoms with van der Waals surface area (Å²) in [4.78, 5) is 12.6. The first-order valence-electron chi connectivity index (χ1n) is 8.35. The fourth-order valence-corrected chi connectivity index (χ4v) is 2.47. The van der Waals surface area contributed by atoms with Gasteiger partial charge in [0.25, 0.3) is 5.91 Å². The number of carbonyl (C=O) groups is 1. The lowest BCUT2D eigenvalue weighted by molar-refractivity contribution is -0.137. The van der Waals surface area contributed by atoms with E-state index in [1.807, 2.05) is 39.0 Å². The first-order valence-corrected chi connectivity index (χ1v) is 8.35. The van der Waals surface area contributed by atoms with Crippen molar-refractivity contribution in [3.63, 3.8) is 0 Å². The molecule has 23 heavy (non-hydrogen) atoms. The number of aryl methyl sites for hydroxylation is 1. The minimum atomic E-state index is -0.825. The SMILES string of the molecule is CC[C@H](C)Oc1ccc(NC(=O)[C@@](C)(CC(C)C)OC)cc1C. The van der Waals surface area contributed by atoms with Gasteiger partial charge in [-0.15, -0.1) is 0 Å². The van der Waals surface area contributed by atoms with Crippen molar-refractivity contribution in [1.82, 2.24) is 0 Å². The number of methoxy groups -OCH3 is 1. The van der Waals surface area contributed by atoms with E-state index in [9.17, 15) is 4.79 Å². The molecule has 0 fully saturated rings. The van der Waals surface area contributed by atoms with Crippen LogP contribution in [-0.4, -0.2) is 24.7 Å². The summed E-state index contributed by atoms with van der Waals surface area (Å²) in [6, 6.07) is 5.71. The zero-order valence-electron chi connectivity index (χ0n) is 15.5. The van der Waals surface area contributed by atoms with Crippen molar-refractivity contribution in [3.8, 4) is 5.75 Å². The normalized spacial score (nSPS) is 15.1. The van der Waals surface area contributed by atoms with Crippen molar-refractivity contribution in [1.29, 1.82) is 0 Å². The van der Waals surface area contributed by atoms with Crippen LogP contribution in [0.5, 0.6) is 5.75 Å². The molecule has 0 saturated heterocycles. The summed E-state index contributed by atoms with van der Waals surface area (Å²) in [5.74, 6) is 1.11. The lowest BCUT2D eigenvalue weighted by atomic mass is 9.93. The molecule has 1 aromatic rings. The zero-order valence-corrected chi connectivity index (χ0v) is 15.5. The maximum absolute atomic E-state index is 12.6. The van der Waals surface area contributed by atoms with Gasteiger partial charge in [0.2, 0.25) is 0 Å². The average Bonchev–Trinajstić information content (AvgIpc) is 2.48. The number of hydrogen-bond acceptors (Lipinski definition) is 3. The molecule has 4 nitrogen and oxygen atoms in total. The second-order valence-corrected chi connectivity index (χ2v) is 6.80.